The van der Waals surface area contributed by atoms with E-state index in [1.165, 1.54) is 0 Å². The first-order chi connectivity index (χ1) is 14.9. The van der Waals surface area contributed by atoms with Gasteiger partial charge in [-0.1, -0.05) is 42.5 Å². The summed E-state index contributed by atoms with van der Waals surface area (Å²) < 4.78 is 0. The number of hydrogen-bond acceptors (Lipinski definition) is 4. The van der Waals surface area contributed by atoms with Crippen molar-refractivity contribution in [3.05, 3.63) is 71.4 Å². The SMILES string of the molecule is Cc1cccc(NC(=O)N2CCc3nc(-c4ccccc4)nc(N(C)C(C)C)c3C2)c1. The molecule has 0 fully saturated rings. The average molecular weight is 416 g/mol. The number of aromatic nitrogens is 2. The van der Waals surface area contributed by atoms with Gasteiger partial charge in [-0.05, 0) is 38.5 Å². The lowest BCUT2D eigenvalue weighted by Gasteiger charge is -2.33. The Morgan fingerprint density at radius 3 is 2.58 bits per heavy atom. The van der Waals surface area contributed by atoms with Crippen molar-refractivity contribution in [3.8, 4) is 11.4 Å². The van der Waals surface area contributed by atoms with E-state index in [1.54, 1.807) is 0 Å². The molecule has 2 amide bonds. The highest BCUT2D eigenvalue weighted by atomic mass is 16.2. The second-order valence-electron chi connectivity index (χ2n) is 8.34. The van der Waals surface area contributed by atoms with Crippen molar-refractivity contribution in [2.75, 3.05) is 23.8 Å². The molecular weight excluding hydrogens is 386 g/mol. The zero-order valence-electron chi connectivity index (χ0n) is 18.6. The summed E-state index contributed by atoms with van der Waals surface area (Å²) in [4.78, 5) is 26.8. The maximum absolute atomic E-state index is 13.0. The van der Waals surface area contributed by atoms with Crippen molar-refractivity contribution >= 4 is 17.5 Å². The van der Waals surface area contributed by atoms with Crippen LogP contribution >= 0.6 is 0 Å². The highest BCUT2D eigenvalue weighted by Crippen LogP contribution is 2.30. The number of amides is 2. The Hall–Kier alpha value is -3.41. The zero-order valence-corrected chi connectivity index (χ0v) is 18.6. The van der Waals surface area contributed by atoms with Crippen LogP contribution in [0.5, 0.6) is 0 Å². The van der Waals surface area contributed by atoms with Gasteiger partial charge < -0.3 is 15.1 Å². The molecule has 1 aliphatic heterocycles. The van der Waals surface area contributed by atoms with Crippen molar-refractivity contribution in [3.63, 3.8) is 0 Å². The number of carbonyl (C=O) groups is 1. The van der Waals surface area contributed by atoms with Crippen LogP contribution in [0, 0.1) is 6.92 Å². The van der Waals surface area contributed by atoms with Crippen LogP contribution in [0.2, 0.25) is 0 Å². The lowest BCUT2D eigenvalue weighted by atomic mass is 10.0. The molecule has 0 saturated carbocycles. The smallest absolute Gasteiger partial charge is 0.322 e. The molecule has 0 unspecified atom stereocenters. The standard InChI is InChI=1S/C25H29N5O/c1-17(2)29(4)24-21-16-30(25(31)26-20-12-8-9-18(3)15-20)14-13-22(21)27-23(28-24)19-10-6-5-7-11-19/h5-12,15,17H,13-14,16H2,1-4H3,(H,26,31). The fourth-order valence-electron chi connectivity index (χ4n) is 3.75. The Morgan fingerprint density at radius 2 is 1.87 bits per heavy atom. The van der Waals surface area contributed by atoms with Crippen LogP contribution in [0.15, 0.2) is 54.6 Å². The van der Waals surface area contributed by atoms with Crippen LogP contribution in [0.4, 0.5) is 16.3 Å². The molecule has 31 heavy (non-hydrogen) atoms. The second kappa shape index (κ2) is 8.76. The van der Waals surface area contributed by atoms with E-state index >= 15 is 0 Å². The first-order valence-electron chi connectivity index (χ1n) is 10.7. The Balaban J connectivity index is 1.65. The molecule has 160 valence electrons. The minimum absolute atomic E-state index is 0.0958. The number of carbonyl (C=O) groups excluding carboxylic acids is 1. The van der Waals surface area contributed by atoms with Crippen molar-refractivity contribution in [2.45, 2.75) is 39.8 Å². The Kier molecular flexibility index (Phi) is 5.89. The maximum Gasteiger partial charge on any atom is 0.322 e. The first-order valence-corrected chi connectivity index (χ1v) is 10.7. The van der Waals surface area contributed by atoms with Gasteiger partial charge in [0.15, 0.2) is 5.82 Å². The van der Waals surface area contributed by atoms with Gasteiger partial charge in [0.25, 0.3) is 0 Å². The van der Waals surface area contributed by atoms with Gasteiger partial charge in [-0.3, -0.25) is 0 Å². The molecule has 2 heterocycles. The van der Waals surface area contributed by atoms with E-state index < -0.39 is 0 Å². The summed E-state index contributed by atoms with van der Waals surface area (Å²) in [6, 6.07) is 18.1. The molecule has 4 rings (SSSR count). The van der Waals surface area contributed by atoms with E-state index in [0.29, 0.717) is 19.5 Å². The van der Waals surface area contributed by atoms with Crippen molar-refractivity contribution < 1.29 is 4.79 Å². The Morgan fingerprint density at radius 1 is 1.10 bits per heavy atom. The summed E-state index contributed by atoms with van der Waals surface area (Å²) in [6.45, 7) is 7.42. The molecule has 6 nitrogen and oxygen atoms in total. The fraction of sp³-hybridized carbons (Fsp3) is 0.320. The van der Waals surface area contributed by atoms with Gasteiger partial charge in [0.1, 0.15) is 5.82 Å². The third-order valence-electron chi connectivity index (χ3n) is 5.74. The molecule has 3 aromatic rings. The van der Waals surface area contributed by atoms with E-state index in [9.17, 15) is 4.79 Å². The van der Waals surface area contributed by atoms with E-state index in [-0.39, 0.29) is 12.1 Å². The normalized spacial score (nSPS) is 13.1. The quantitative estimate of drug-likeness (QED) is 0.659. The van der Waals surface area contributed by atoms with Crippen LogP contribution in [-0.4, -0.2) is 40.5 Å². The summed E-state index contributed by atoms with van der Waals surface area (Å²) in [7, 11) is 2.05. The third-order valence-corrected chi connectivity index (χ3v) is 5.74. The summed E-state index contributed by atoms with van der Waals surface area (Å²) in [5.41, 5.74) is 4.98. The molecule has 0 saturated heterocycles. The molecule has 0 bridgehead atoms. The number of nitrogens with one attached hydrogen (secondary N) is 1. The molecule has 6 heteroatoms. The van der Waals surface area contributed by atoms with Gasteiger partial charge in [0.2, 0.25) is 0 Å². The summed E-state index contributed by atoms with van der Waals surface area (Å²) >= 11 is 0. The number of aryl methyl sites for hydroxylation is 1. The molecule has 0 aliphatic carbocycles. The van der Waals surface area contributed by atoms with Crippen LogP contribution in [-0.2, 0) is 13.0 Å². The number of hydrogen-bond donors (Lipinski definition) is 1. The molecule has 1 N–H and O–H groups in total. The Bertz CT molecular complexity index is 1080. The summed E-state index contributed by atoms with van der Waals surface area (Å²) in [5, 5.41) is 3.02. The number of urea groups is 1. The lowest BCUT2D eigenvalue weighted by molar-refractivity contribution is 0.206. The van der Waals surface area contributed by atoms with Gasteiger partial charge in [-0.25, -0.2) is 14.8 Å². The number of anilines is 2. The predicted molar refractivity (Wildman–Crippen MR) is 125 cm³/mol. The highest BCUT2D eigenvalue weighted by molar-refractivity contribution is 5.89. The second-order valence-corrected chi connectivity index (χ2v) is 8.34. The van der Waals surface area contributed by atoms with Crippen molar-refractivity contribution in [1.29, 1.82) is 0 Å². The molecule has 0 radical (unpaired) electrons. The topological polar surface area (TPSA) is 61.4 Å². The van der Waals surface area contributed by atoms with E-state index in [2.05, 4.69) is 24.1 Å². The van der Waals surface area contributed by atoms with Crippen LogP contribution in [0.25, 0.3) is 11.4 Å². The molecule has 2 aromatic carbocycles. The fourth-order valence-corrected chi connectivity index (χ4v) is 3.75. The monoisotopic (exact) mass is 415 g/mol. The van der Waals surface area contributed by atoms with Gasteiger partial charge in [0.05, 0.1) is 12.2 Å². The third kappa shape index (κ3) is 4.53. The van der Waals surface area contributed by atoms with Crippen LogP contribution in [0.1, 0.15) is 30.7 Å². The van der Waals surface area contributed by atoms with Gasteiger partial charge >= 0.3 is 6.03 Å². The van der Waals surface area contributed by atoms with E-state index in [4.69, 9.17) is 9.97 Å². The van der Waals surface area contributed by atoms with Crippen molar-refractivity contribution in [2.24, 2.45) is 0 Å². The average Bonchev–Trinajstić information content (AvgIpc) is 2.78. The van der Waals surface area contributed by atoms with E-state index in [1.807, 2.05) is 73.5 Å². The van der Waals surface area contributed by atoms with Gasteiger partial charge in [0, 0.05) is 42.9 Å². The summed E-state index contributed by atoms with van der Waals surface area (Å²) in [5.74, 6) is 1.63. The predicted octanol–water partition coefficient (Wildman–Crippen LogP) is 4.89. The molecular formula is C25H29N5O. The Labute approximate surface area is 183 Å². The largest absolute Gasteiger partial charge is 0.357 e. The maximum atomic E-state index is 13.0. The van der Waals surface area contributed by atoms with Crippen LogP contribution in [0.3, 0.4) is 0 Å². The number of fused-ring (bicyclic) bond motifs is 1. The lowest BCUT2D eigenvalue weighted by Crippen LogP contribution is -2.40. The summed E-state index contributed by atoms with van der Waals surface area (Å²) in [6.07, 6.45) is 0.706. The number of rotatable bonds is 4. The first kappa shape index (κ1) is 20.8. The molecule has 0 atom stereocenters. The van der Waals surface area contributed by atoms with Gasteiger partial charge in [-0.15, -0.1) is 0 Å². The highest BCUT2D eigenvalue weighted by Gasteiger charge is 2.27. The number of benzene rings is 2. The molecule has 0 spiro atoms. The minimum atomic E-state index is -0.0958. The molecule has 1 aliphatic rings. The molecule has 1 aromatic heterocycles. The number of nitrogens with zero attached hydrogens (tertiary/aromatic N) is 4. The zero-order chi connectivity index (χ0) is 22.0. The minimum Gasteiger partial charge on any atom is -0.357 e. The van der Waals surface area contributed by atoms with E-state index in [0.717, 1.165) is 39.7 Å². The van der Waals surface area contributed by atoms with Gasteiger partial charge in [-0.2, -0.15) is 0 Å². The van der Waals surface area contributed by atoms with Crippen LogP contribution < -0.4 is 10.2 Å². The van der Waals surface area contributed by atoms with Crippen molar-refractivity contribution in [1.82, 2.24) is 14.9 Å².